The van der Waals surface area contributed by atoms with Crippen LogP contribution in [0, 0.1) is 6.92 Å². The Labute approximate surface area is 144 Å². The number of rotatable bonds is 5. The molecule has 2 aromatic carbocycles. The van der Waals surface area contributed by atoms with Gasteiger partial charge in [-0.15, -0.1) is 0 Å². The molecule has 0 aliphatic carbocycles. The highest BCUT2D eigenvalue weighted by Crippen LogP contribution is 2.32. The van der Waals surface area contributed by atoms with E-state index >= 15 is 0 Å². The lowest BCUT2D eigenvalue weighted by atomic mass is 9.93. The van der Waals surface area contributed by atoms with Gasteiger partial charge in [-0.05, 0) is 60.7 Å². The number of anilines is 1. The normalized spacial score (nSPS) is 11.9. The molecule has 2 rings (SSSR count). The Morgan fingerprint density at radius 2 is 1.71 bits per heavy atom. The van der Waals surface area contributed by atoms with E-state index in [0.717, 1.165) is 28.1 Å². The van der Waals surface area contributed by atoms with Crippen LogP contribution in [0.5, 0.6) is 5.75 Å². The second-order valence-corrected chi connectivity index (χ2v) is 6.29. The van der Waals surface area contributed by atoms with Gasteiger partial charge in [0.15, 0.2) is 0 Å². The second kappa shape index (κ2) is 7.86. The molecule has 0 aromatic heterocycles. The number of carbonyl (C=O) groups is 1. The summed E-state index contributed by atoms with van der Waals surface area (Å²) < 4.78 is 5.48. The van der Waals surface area contributed by atoms with Crippen LogP contribution in [-0.4, -0.2) is 13.1 Å². The summed E-state index contributed by atoms with van der Waals surface area (Å²) in [7, 11) is 1.69. The lowest BCUT2D eigenvalue weighted by molar-refractivity contribution is 0.249. The van der Waals surface area contributed by atoms with E-state index in [0.29, 0.717) is 5.92 Å². The summed E-state index contributed by atoms with van der Waals surface area (Å²) in [5, 5.41) is 5.85. The van der Waals surface area contributed by atoms with E-state index in [1.807, 2.05) is 50.2 Å². The first-order valence-corrected chi connectivity index (χ1v) is 8.23. The summed E-state index contributed by atoms with van der Waals surface area (Å²) in [5.74, 6) is 1.25. The Morgan fingerprint density at radius 3 is 2.29 bits per heavy atom. The molecule has 1 atom stereocenters. The number of methoxy groups -OCH3 is 1. The minimum Gasteiger partial charge on any atom is -0.496 e. The number of nitrogens with one attached hydrogen (secondary N) is 2. The Balaban J connectivity index is 2.15. The van der Waals surface area contributed by atoms with Gasteiger partial charge in [-0.3, -0.25) is 0 Å². The zero-order valence-electron chi connectivity index (χ0n) is 15.0. The standard InChI is InChI=1S/C20H26N2O2/c1-13(2)17-12-18(14(3)11-19(17)24-5)15(4)21-20(23)22-16-9-7-6-8-10-16/h6-13,15H,1-5H3,(H2,21,22,23)/t15-/m0/s1. The zero-order valence-corrected chi connectivity index (χ0v) is 15.0. The van der Waals surface area contributed by atoms with Crippen molar-refractivity contribution in [1.82, 2.24) is 5.32 Å². The molecular weight excluding hydrogens is 300 g/mol. The molecule has 4 nitrogen and oxygen atoms in total. The van der Waals surface area contributed by atoms with E-state index in [4.69, 9.17) is 4.74 Å². The molecule has 128 valence electrons. The molecule has 0 radical (unpaired) electrons. The van der Waals surface area contributed by atoms with Gasteiger partial charge in [0.2, 0.25) is 0 Å². The van der Waals surface area contributed by atoms with Gasteiger partial charge in [-0.2, -0.15) is 0 Å². The Bertz CT molecular complexity index is 696. The summed E-state index contributed by atoms with van der Waals surface area (Å²) in [6, 6.07) is 13.3. The summed E-state index contributed by atoms with van der Waals surface area (Å²) in [6.07, 6.45) is 0. The fraction of sp³-hybridized carbons (Fsp3) is 0.350. The maximum Gasteiger partial charge on any atom is 0.319 e. The average molecular weight is 326 g/mol. The van der Waals surface area contributed by atoms with Gasteiger partial charge in [-0.1, -0.05) is 32.0 Å². The van der Waals surface area contributed by atoms with Crippen LogP contribution >= 0.6 is 0 Å². The van der Waals surface area contributed by atoms with Gasteiger partial charge in [0.25, 0.3) is 0 Å². The van der Waals surface area contributed by atoms with E-state index in [9.17, 15) is 4.79 Å². The summed E-state index contributed by atoms with van der Waals surface area (Å²) in [4.78, 5) is 12.2. The molecule has 2 amide bonds. The molecule has 4 heteroatoms. The monoisotopic (exact) mass is 326 g/mol. The number of urea groups is 1. The van der Waals surface area contributed by atoms with Gasteiger partial charge < -0.3 is 15.4 Å². The average Bonchev–Trinajstić information content (AvgIpc) is 2.54. The number of amides is 2. The van der Waals surface area contributed by atoms with Crippen LogP contribution in [0.1, 0.15) is 49.4 Å². The van der Waals surface area contributed by atoms with Crippen LogP contribution in [0.3, 0.4) is 0 Å². The van der Waals surface area contributed by atoms with E-state index < -0.39 is 0 Å². The molecule has 0 fully saturated rings. The lowest BCUT2D eigenvalue weighted by Crippen LogP contribution is -2.31. The van der Waals surface area contributed by atoms with Crippen molar-refractivity contribution in [2.45, 2.75) is 39.7 Å². The van der Waals surface area contributed by atoms with Crippen molar-refractivity contribution in [3.63, 3.8) is 0 Å². The first-order chi connectivity index (χ1) is 11.4. The number of benzene rings is 2. The van der Waals surface area contributed by atoms with Gasteiger partial charge >= 0.3 is 6.03 Å². The van der Waals surface area contributed by atoms with Crippen molar-refractivity contribution >= 4 is 11.7 Å². The molecule has 0 saturated carbocycles. The van der Waals surface area contributed by atoms with Gasteiger partial charge in [0, 0.05) is 5.69 Å². The highest BCUT2D eigenvalue weighted by molar-refractivity contribution is 5.89. The molecule has 2 aromatic rings. The fourth-order valence-electron chi connectivity index (χ4n) is 2.77. The van der Waals surface area contributed by atoms with Crippen LogP contribution in [0.25, 0.3) is 0 Å². The van der Waals surface area contributed by atoms with Crippen molar-refractivity contribution in [3.8, 4) is 5.75 Å². The quantitative estimate of drug-likeness (QED) is 0.811. The van der Waals surface area contributed by atoms with Crippen LogP contribution in [0.15, 0.2) is 42.5 Å². The fourth-order valence-corrected chi connectivity index (χ4v) is 2.77. The van der Waals surface area contributed by atoms with Crippen molar-refractivity contribution in [3.05, 3.63) is 59.2 Å². The SMILES string of the molecule is COc1cc(C)c([C@H](C)NC(=O)Nc2ccccc2)cc1C(C)C. The van der Waals surface area contributed by atoms with Gasteiger partial charge in [-0.25, -0.2) is 4.79 Å². The Kier molecular flexibility index (Phi) is 5.85. The van der Waals surface area contributed by atoms with E-state index in [-0.39, 0.29) is 12.1 Å². The zero-order chi connectivity index (χ0) is 17.7. The van der Waals surface area contributed by atoms with Gasteiger partial charge in [0.1, 0.15) is 5.75 Å². The predicted molar refractivity (Wildman–Crippen MR) is 98.8 cm³/mol. The number of hydrogen-bond donors (Lipinski definition) is 2. The number of hydrogen-bond acceptors (Lipinski definition) is 2. The molecule has 0 unspecified atom stereocenters. The third kappa shape index (κ3) is 4.28. The molecular formula is C20H26N2O2. The van der Waals surface area contributed by atoms with Gasteiger partial charge in [0.05, 0.1) is 13.2 Å². The molecule has 0 heterocycles. The first kappa shape index (κ1) is 17.9. The third-order valence-electron chi connectivity index (χ3n) is 4.09. The first-order valence-electron chi connectivity index (χ1n) is 8.23. The Hall–Kier alpha value is -2.49. The summed E-state index contributed by atoms with van der Waals surface area (Å²) in [6.45, 7) is 8.30. The topological polar surface area (TPSA) is 50.4 Å². The number of para-hydroxylation sites is 1. The minimum atomic E-state index is -0.213. The van der Waals surface area contributed by atoms with E-state index in [1.165, 1.54) is 0 Å². The van der Waals surface area contributed by atoms with Crippen molar-refractivity contribution in [1.29, 1.82) is 0 Å². The maximum atomic E-state index is 12.2. The van der Waals surface area contributed by atoms with Crippen LogP contribution < -0.4 is 15.4 Å². The largest absolute Gasteiger partial charge is 0.496 e. The van der Waals surface area contributed by atoms with Crippen molar-refractivity contribution in [2.24, 2.45) is 0 Å². The van der Waals surface area contributed by atoms with E-state index in [1.54, 1.807) is 7.11 Å². The van der Waals surface area contributed by atoms with Crippen molar-refractivity contribution < 1.29 is 9.53 Å². The predicted octanol–water partition coefficient (Wildman–Crippen LogP) is 5.01. The third-order valence-corrected chi connectivity index (χ3v) is 4.09. The molecule has 24 heavy (non-hydrogen) atoms. The van der Waals surface area contributed by atoms with E-state index in [2.05, 4.69) is 30.5 Å². The van der Waals surface area contributed by atoms with Crippen molar-refractivity contribution in [2.75, 3.05) is 12.4 Å². The number of aryl methyl sites for hydroxylation is 1. The molecule has 2 N–H and O–H groups in total. The molecule has 0 spiro atoms. The number of ether oxygens (including phenoxy) is 1. The summed E-state index contributed by atoms with van der Waals surface area (Å²) >= 11 is 0. The second-order valence-electron chi connectivity index (χ2n) is 6.29. The van der Waals surface area contributed by atoms with Crippen LogP contribution in [0.2, 0.25) is 0 Å². The molecule has 0 bridgehead atoms. The number of carbonyl (C=O) groups excluding carboxylic acids is 1. The highest BCUT2D eigenvalue weighted by atomic mass is 16.5. The highest BCUT2D eigenvalue weighted by Gasteiger charge is 2.16. The summed E-state index contributed by atoms with van der Waals surface area (Å²) in [5.41, 5.74) is 4.12. The smallest absolute Gasteiger partial charge is 0.319 e. The minimum absolute atomic E-state index is 0.0999. The maximum absolute atomic E-state index is 12.2. The molecule has 0 saturated heterocycles. The lowest BCUT2D eigenvalue weighted by Gasteiger charge is -2.21. The Morgan fingerprint density at radius 1 is 1.04 bits per heavy atom. The van der Waals surface area contributed by atoms with Crippen LogP contribution in [0.4, 0.5) is 10.5 Å². The van der Waals surface area contributed by atoms with Crippen LogP contribution in [-0.2, 0) is 0 Å². The molecule has 0 aliphatic heterocycles. The molecule has 0 aliphatic rings.